The van der Waals surface area contributed by atoms with E-state index in [0.29, 0.717) is 16.5 Å². The lowest BCUT2D eigenvalue weighted by atomic mass is 10.2. The highest BCUT2D eigenvalue weighted by atomic mass is 35.5. The summed E-state index contributed by atoms with van der Waals surface area (Å²) in [7, 11) is 0. The van der Waals surface area contributed by atoms with E-state index in [1.54, 1.807) is 12.1 Å². The first-order chi connectivity index (χ1) is 10.2. The van der Waals surface area contributed by atoms with Crippen molar-refractivity contribution in [3.63, 3.8) is 0 Å². The first-order valence-corrected chi connectivity index (χ1v) is 6.58. The standard InChI is InChI=1S/C16H11ClN4/c1-2-10-4-3-5-11(6-10)21-16-12-7-14(18)13(17)8-15(12)19-9-20-16/h1,3-9H,18H2,(H,19,20,21). The van der Waals surface area contributed by atoms with E-state index >= 15 is 0 Å². The Hall–Kier alpha value is -2.77. The fourth-order valence-corrected chi connectivity index (χ4v) is 2.18. The van der Waals surface area contributed by atoms with Crippen LogP contribution in [-0.4, -0.2) is 9.97 Å². The van der Waals surface area contributed by atoms with E-state index in [1.165, 1.54) is 6.33 Å². The molecule has 0 bridgehead atoms. The van der Waals surface area contributed by atoms with E-state index in [9.17, 15) is 0 Å². The molecule has 0 saturated heterocycles. The van der Waals surface area contributed by atoms with Crippen molar-refractivity contribution < 1.29 is 0 Å². The van der Waals surface area contributed by atoms with Gasteiger partial charge in [0.25, 0.3) is 0 Å². The lowest BCUT2D eigenvalue weighted by molar-refractivity contribution is 1.22. The molecule has 5 heteroatoms. The van der Waals surface area contributed by atoms with Gasteiger partial charge in [-0.05, 0) is 30.3 Å². The zero-order valence-corrected chi connectivity index (χ0v) is 11.7. The maximum absolute atomic E-state index is 6.01. The molecule has 2 aromatic carbocycles. The number of nitrogens with one attached hydrogen (secondary N) is 1. The Morgan fingerprint density at radius 2 is 2.05 bits per heavy atom. The Balaban J connectivity index is 2.08. The maximum atomic E-state index is 6.01. The summed E-state index contributed by atoms with van der Waals surface area (Å²) in [5.74, 6) is 3.25. The second-order valence-corrected chi connectivity index (χ2v) is 4.87. The molecule has 0 amide bonds. The number of anilines is 3. The molecule has 0 aliphatic rings. The van der Waals surface area contributed by atoms with Gasteiger partial charge in [-0.25, -0.2) is 9.97 Å². The molecule has 102 valence electrons. The van der Waals surface area contributed by atoms with Crippen molar-refractivity contribution >= 4 is 39.7 Å². The zero-order chi connectivity index (χ0) is 14.8. The number of halogens is 1. The Kier molecular flexibility index (Phi) is 3.35. The van der Waals surface area contributed by atoms with Gasteiger partial charge in [0.15, 0.2) is 0 Å². The first-order valence-electron chi connectivity index (χ1n) is 6.21. The molecule has 21 heavy (non-hydrogen) atoms. The van der Waals surface area contributed by atoms with Crippen molar-refractivity contribution in [1.82, 2.24) is 9.97 Å². The average Bonchev–Trinajstić information content (AvgIpc) is 2.49. The van der Waals surface area contributed by atoms with Gasteiger partial charge in [0, 0.05) is 16.6 Å². The third-order valence-electron chi connectivity index (χ3n) is 3.05. The van der Waals surface area contributed by atoms with Crippen LogP contribution in [0.4, 0.5) is 17.2 Å². The van der Waals surface area contributed by atoms with Crippen LogP contribution in [0.1, 0.15) is 5.56 Å². The molecule has 0 atom stereocenters. The van der Waals surface area contributed by atoms with E-state index in [4.69, 9.17) is 23.8 Å². The van der Waals surface area contributed by atoms with Crippen molar-refractivity contribution in [3.8, 4) is 12.3 Å². The van der Waals surface area contributed by atoms with Crippen LogP contribution in [0.5, 0.6) is 0 Å². The van der Waals surface area contributed by atoms with Gasteiger partial charge in [0.05, 0.1) is 16.2 Å². The highest BCUT2D eigenvalue weighted by Gasteiger charge is 2.07. The van der Waals surface area contributed by atoms with Crippen LogP contribution in [0.25, 0.3) is 10.9 Å². The smallest absolute Gasteiger partial charge is 0.141 e. The van der Waals surface area contributed by atoms with Crippen molar-refractivity contribution in [2.45, 2.75) is 0 Å². The van der Waals surface area contributed by atoms with Crippen molar-refractivity contribution in [1.29, 1.82) is 0 Å². The van der Waals surface area contributed by atoms with Crippen LogP contribution in [0.2, 0.25) is 5.02 Å². The largest absolute Gasteiger partial charge is 0.398 e. The van der Waals surface area contributed by atoms with Gasteiger partial charge in [-0.2, -0.15) is 0 Å². The number of nitrogens with two attached hydrogens (primary N) is 1. The van der Waals surface area contributed by atoms with Gasteiger partial charge in [-0.15, -0.1) is 6.42 Å². The van der Waals surface area contributed by atoms with Crippen LogP contribution >= 0.6 is 11.6 Å². The minimum atomic E-state index is 0.474. The van der Waals surface area contributed by atoms with Crippen LogP contribution in [0, 0.1) is 12.3 Å². The molecule has 1 heterocycles. The summed E-state index contributed by atoms with van der Waals surface area (Å²) < 4.78 is 0. The number of fused-ring (bicyclic) bond motifs is 1. The SMILES string of the molecule is C#Cc1cccc(Nc2ncnc3cc(Cl)c(N)cc23)c1. The normalized spacial score (nSPS) is 10.3. The molecule has 0 radical (unpaired) electrons. The molecule has 0 unspecified atom stereocenters. The first kappa shape index (κ1) is 13.2. The Morgan fingerprint density at radius 1 is 1.19 bits per heavy atom. The second kappa shape index (κ2) is 5.31. The predicted molar refractivity (Wildman–Crippen MR) is 86.6 cm³/mol. The van der Waals surface area contributed by atoms with Crippen LogP contribution in [-0.2, 0) is 0 Å². The molecular weight excluding hydrogens is 284 g/mol. The third-order valence-corrected chi connectivity index (χ3v) is 3.37. The summed E-state index contributed by atoms with van der Waals surface area (Å²) in [6.07, 6.45) is 6.88. The molecule has 3 rings (SSSR count). The Bertz CT molecular complexity index is 868. The average molecular weight is 295 g/mol. The molecule has 3 N–H and O–H groups in total. The number of hydrogen-bond acceptors (Lipinski definition) is 4. The number of rotatable bonds is 2. The number of hydrogen-bond donors (Lipinski definition) is 2. The van der Waals surface area contributed by atoms with Gasteiger partial charge in [0.1, 0.15) is 12.1 Å². The maximum Gasteiger partial charge on any atom is 0.141 e. The fraction of sp³-hybridized carbons (Fsp3) is 0. The van der Waals surface area contributed by atoms with E-state index in [2.05, 4.69) is 21.2 Å². The number of nitrogen functional groups attached to an aromatic ring is 1. The lowest BCUT2D eigenvalue weighted by Gasteiger charge is -2.09. The topological polar surface area (TPSA) is 63.8 Å². The minimum absolute atomic E-state index is 0.474. The predicted octanol–water partition coefficient (Wildman–Crippen LogP) is 3.59. The molecule has 0 spiro atoms. The van der Waals surface area contributed by atoms with E-state index in [0.717, 1.165) is 22.2 Å². The van der Waals surface area contributed by atoms with Gasteiger partial charge in [-0.3, -0.25) is 0 Å². The van der Waals surface area contributed by atoms with Gasteiger partial charge >= 0.3 is 0 Å². The molecule has 0 fully saturated rings. The highest BCUT2D eigenvalue weighted by molar-refractivity contribution is 6.34. The minimum Gasteiger partial charge on any atom is -0.398 e. The van der Waals surface area contributed by atoms with Crippen LogP contribution in [0.3, 0.4) is 0 Å². The summed E-state index contributed by atoms with van der Waals surface area (Å²) in [5, 5.41) is 4.49. The summed E-state index contributed by atoms with van der Waals surface area (Å²) in [6, 6.07) is 11.0. The third kappa shape index (κ3) is 2.60. The van der Waals surface area contributed by atoms with Crippen molar-refractivity contribution in [2.75, 3.05) is 11.1 Å². The van der Waals surface area contributed by atoms with Crippen molar-refractivity contribution in [2.24, 2.45) is 0 Å². The number of terminal acetylenes is 1. The summed E-state index contributed by atoms with van der Waals surface area (Å²) in [5.41, 5.74) is 8.70. The quantitative estimate of drug-likeness (QED) is 0.560. The number of benzene rings is 2. The van der Waals surface area contributed by atoms with Gasteiger partial charge < -0.3 is 11.1 Å². The lowest BCUT2D eigenvalue weighted by Crippen LogP contribution is -1.97. The highest BCUT2D eigenvalue weighted by Crippen LogP contribution is 2.29. The Labute approximate surface area is 127 Å². The van der Waals surface area contributed by atoms with E-state index < -0.39 is 0 Å². The van der Waals surface area contributed by atoms with Gasteiger partial charge in [0.2, 0.25) is 0 Å². The molecule has 0 aliphatic heterocycles. The fourth-order valence-electron chi connectivity index (χ4n) is 2.02. The molecular formula is C16H11ClN4. The summed E-state index contributed by atoms with van der Waals surface area (Å²) >= 11 is 6.01. The summed E-state index contributed by atoms with van der Waals surface area (Å²) in [6.45, 7) is 0. The van der Waals surface area contributed by atoms with E-state index in [-0.39, 0.29) is 0 Å². The Morgan fingerprint density at radius 3 is 2.86 bits per heavy atom. The molecule has 0 aliphatic carbocycles. The molecule has 3 aromatic rings. The van der Waals surface area contributed by atoms with Gasteiger partial charge in [-0.1, -0.05) is 23.6 Å². The van der Waals surface area contributed by atoms with E-state index in [1.807, 2.05) is 24.3 Å². The van der Waals surface area contributed by atoms with Crippen LogP contribution in [0.15, 0.2) is 42.7 Å². The van der Waals surface area contributed by atoms with Crippen LogP contribution < -0.4 is 11.1 Å². The number of aromatic nitrogens is 2. The molecule has 1 aromatic heterocycles. The zero-order valence-electron chi connectivity index (χ0n) is 11.0. The molecule has 0 saturated carbocycles. The molecule has 4 nitrogen and oxygen atoms in total. The van der Waals surface area contributed by atoms with Crippen molar-refractivity contribution in [3.05, 3.63) is 53.3 Å². The monoisotopic (exact) mass is 294 g/mol. The second-order valence-electron chi connectivity index (χ2n) is 4.46. The summed E-state index contributed by atoms with van der Waals surface area (Å²) in [4.78, 5) is 8.45. The number of nitrogens with zero attached hydrogens (tertiary/aromatic N) is 2.